The topological polar surface area (TPSA) is 80.3 Å². The van der Waals surface area contributed by atoms with E-state index < -0.39 is 24.3 Å². The fraction of sp³-hybridized carbons (Fsp3) is 0.667. The van der Waals surface area contributed by atoms with E-state index in [1.807, 2.05) is 0 Å². The Morgan fingerprint density at radius 2 is 1.67 bits per heavy atom. The van der Waals surface area contributed by atoms with Gasteiger partial charge in [0.15, 0.2) is 0 Å². The fourth-order valence-electron chi connectivity index (χ4n) is 0.596. The number of carbonyl (C=O) groups is 2. The van der Waals surface area contributed by atoms with Crippen LogP contribution >= 0.6 is 0 Å². The minimum Gasteiger partial charge on any atom is -0.550 e. The molecule has 1 unspecified atom stereocenters. The second-order valence-corrected chi connectivity index (χ2v) is 2.00. The summed E-state index contributed by atoms with van der Waals surface area (Å²) in [6.45, 7) is 1.59. The molecular weight excluding hydrogens is 214 g/mol. The van der Waals surface area contributed by atoms with E-state index in [0.29, 0.717) is 0 Å². The van der Waals surface area contributed by atoms with Crippen LogP contribution in [-0.4, -0.2) is 11.9 Å². The minimum absolute atomic E-state index is 0. The summed E-state index contributed by atoms with van der Waals surface area (Å²) in [4.78, 5) is 19.9. The molecule has 0 radical (unpaired) electrons. The number of aliphatic carboxylic acids is 2. The summed E-state index contributed by atoms with van der Waals surface area (Å²) in [5.74, 6) is -3.59. The van der Waals surface area contributed by atoms with E-state index in [4.69, 9.17) is 0 Å². The molecule has 12 heavy (non-hydrogen) atoms. The zero-order valence-corrected chi connectivity index (χ0v) is 13.9. The largest absolute Gasteiger partial charge is 1.00 e. The van der Waals surface area contributed by atoms with Crippen LogP contribution in [0.2, 0.25) is 0 Å². The van der Waals surface area contributed by atoms with Crippen molar-refractivity contribution in [3.8, 4) is 0 Å². The average Bonchev–Trinajstić information content (AvgIpc) is 1.81. The first-order valence-electron chi connectivity index (χ1n) is 2.98. The van der Waals surface area contributed by atoms with Crippen LogP contribution in [0.1, 0.15) is 19.8 Å². The summed E-state index contributed by atoms with van der Waals surface area (Å²) in [5.41, 5.74) is 0. The van der Waals surface area contributed by atoms with Crippen LogP contribution < -0.4 is 113 Å². The summed E-state index contributed by atoms with van der Waals surface area (Å²) in [5, 5.41) is 19.9. The Hall–Kier alpha value is 2.21. The summed E-state index contributed by atoms with van der Waals surface area (Å²) >= 11 is 0. The van der Waals surface area contributed by atoms with Crippen molar-refractivity contribution < 1.29 is 123 Å². The van der Waals surface area contributed by atoms with E-state index >= 15 is 0 Å². The standard InChI is InChI=1S/C6H10O4.2K/c1-2-4(6(9)10)3-5(7)8;;/h4H,2-3H2,1H3,(H,7,8)(H,9,10);;/q;2*+1/p-2. The number of carboxylic acids is 2. The molecule has 58 valence electrons. The Balaban J connectivity index is -0.000000405. The molecule has 0 aromatic carbocycles. The number of carboxylic acid groups (broad SMARTS) is 2. The molecule has 0 heterocycles. The van der Waals surface area contributed by atoms with Gasteiger partial charge in [-0.25, -0.2) is 0 Å². The Kier molecular flexibility index (Phi) is 18.6. The van der Waals surface area contributed by atoms with E-state index in [2.05, 4.69) is 0 Å². The molecule has 0 aliphatic rings. The SMILES string of the molecule is CCC(CC(=O)[O-])C(=O)[O-].[K+].[K+]. The molecule has 0 N–H and O–H groups in total. The Bertz CT molecular complexity index is 148. The van der Waals surface area contributed by atoms with Crippen LogP contribution in [0.5, 0.6) is 0 Å². The summed E-state index contributed by atoms with van der Waals surface area (Å²) in [6.07, 6.45) is -0.199. The Morgan fingerprint density at radius 3 is 1.75 bits per heavy atom. The van der Waals surface area contributed by atoms with Crippen LogP contribution in [0.15, 0.2) is 0 Å². The van der Waals surface area contributed by atoms with E-state index in [0.717, 1.165) is 0 Å². The van der Waals surface area contributed by atoms with Gasteiger partial charge in [-0.15, -0.1) is 0 Å². The van der Waals surface area contributed by atoms with Gasteiger partial charge in [-0.3, -0.25) is 0 Å². The third-order valence-electron chi connectivity index (χ3n) is 1.24. The molecule has 0 bridgehead atoms. The molecule has 0 amide bonds. The first-order valence-corrected chi connectivity index (χ1v) is 2.98. The quantitative estimate of drug-likeness (QED) is 0.443. The first kappa shape index (κ1) is 19.7. The van der Waals surface area contributed by atoms with Crippen LogP contribution in [0, 0.1) is 5.92 Å². The molecule has 0 saturated carbocycles. The molecule has 0 aromatic rings. The van der Waals surface area contributed by atoms with Gasteiger partial charge in [0.2, 0.25) is 0 Å². The summed E-state index contributed by atoms with van der Waals surface area (Å²) in [6, 6.07) is 0. The van der Waals surface area contributed by atoms with Gasteiger partial charge >= 0.3 is 103 Å². The molecule has 1 atom stereocenters. The molecule has 0 saturated heterocycles. The van der Waals surface area contributed by atoms with Crippen molar-refractivity contribution in [3.05, 3.63) is 0 Å². The van der Waals surface area contributed by atoms with Crippen molar-refractivity contribution in [1.82, 2.24) is 0 Å². The van der Waals surface area contributed by atoms with Gasteiger partial charge in [-0.2, -0.15) is 0 Å². The van der Waals surface area contributed by atoms with E-state index in [9.17, 15) is 19.8 Å². The third kappa shape index (κ3) is 10.3. The van der Waals surface area contributed by atoms with Gasteiger partial charge in [0.05, 0.1) is 0 Å². The van der Waals surface area contributed by atoms with Crippen LogP contribution in [0.25, 0.3) is 0 Å². The maximum absolute atomic E-state index is 10.1. The maximum atomic E-state index is 10.1. The monoisotopic (exact) mass is 222 g/mol. The molecule has 4 nitrogen and oxygen atoms in total. The normalized spacial score (nSPS) is 10.4. The second kappa shape index (κ2) is 11.3. The minimum atomic E-state index is -1.35. The smallest absolute Gasteiger partial charge is 0.550 e. The second-order valence-electron chi connectivity index (χ2n) is 2.00. The van der Waals surface area contributed by atoms with Crippen LogP contribution in [0.3, 0.4) is 0 Å². The summed E-state index contributed by atoms with van der Waals surface area (Å²) in [7, 11) is 0. The average molecular weight is 222 g/mol. The molecule has 0 rings (SSSR count). The zero-order chi connectivity index (χ0) is 8.15. The molecule has 0 spiro atoms. The van der Waals surface area contributed by atoms with Gasteiger partial charge in [0.1, 0.15) is 0 Å². The number of rotatable bonds is 4. The predicted octanol–water partition coefficient (Wildman–Crippen LogP) is -8.09. The number of hydrogen-bond donors (Lipinski definition) is 0. The molecular formula is C6H8K2O4. The third-order valence-corrected chi connectivity index (χ3v) is 1.24. The molecule has 0 fully saturated rings. The fourth-order valence-corrected chi connectivity index (χ4v) is 0.596. The molecule has 0 aliphatic carbocycles. The Labute approximate surface area is 156 Å². The van der Waals surface area contributed by atoms with Crippen molar-refractivity contribution in [1.29, 1.82) is 0 Å². The number of hydrogen-bond acceptors (Lipinski definition) is 4. The van der Waals surface area contributed by atoms with E-state index in [1.54, 1.807) is 6.92 Å². The van der Waals surface area contributed by atoms with Crippen molar-refractivity contribution in [3.63, 3.8) is 0 Å². The number of carbonyl (C=O) groups excluding carboxylic acids is 2. The molecule has 6 heteroatoms. The van der Waals surface area contributed by atoms with Crippen molar-refractivity contribution in [2.24, 2.45) is 5.92 Å². The van der Waals surface area contributed by atoms with Gasteiger partial charge < -0.3 is 19.8 Å². The summed E-state index contributed by atoms with van der Waals surface area (Å²) < 4.78 is 0. The van der Waals surface area contributed by atoms with Gasteiger partial charge in [-0.05, 0) is 12.8 Å². The van der Waals surface area contributed by atoms with Gasteiger partial charge in [-0.1, -0.05) is 6.92 Å². The molecule has 0 aliphatic heterocycles. The molecule has 0 aromatic heterocycles. The van der Waals surface area contributed by atoms with E-state index in [1.165, 1.54) is 0 Å². The van der Waals surface area contributed by atoms with Crippen molar-refractivity contribution in [2.75, 3.05) is 0 Å². The van der Waals surface area contributed by atoms with Gasteiger partial charge in [0.25, 0.3) is 0 Å². The van der Waals surface area contributed by atoms with Crippen LogP contribution in [0.4, 0.5) is 0 Å². The maximum Gasteiger partial charge on any atom is 1.00 e. The van der Waals surface area contributed by atoms with E-state index in [-0.39, 0.29) is 109 Å². The van der Waals surface area contributed by atoms with Crippen molar-refractivity contribution >= 4 is 11.9 Å². The predicted molar refractivity (Wildman–Crippen MR) is 28.4 cm³/mol. The van der Waals surface area contributed by atoms with Crippen LogP contribution in [-0.2, 0) is 9.59 Å². The van der Waals surface area contributed by atoms with Gasteiger partial charge in [0, 0.05) is 17.9 Å². The first-order chi connectivity index (χ1) is 4.57. The Morgan fingerprint density at radius 1 is 1.25 bits per heavy atom. The zero-order valence-electron chi connectivity index (χ0n) is 7.62. The van der Waals surface area contributed by atoms with Crippen molar-refractivity contribution in [2.45, 2.75) is 19.8 Å².